The molecule has 1 saturated carbocycles. The summed E-state index contributed by atoms with van der Waals surface area (Å²) < 4.78 is 0. The van der Waals surface area contributed by atoms with Gasteiger partial charge in [0.2, 0.25) is 0 Å². The predicted octanol–water partition coefficient (Wildman–Crippen LogP) is 3.74. The van der Waals surface area contributed by atoms with Crippen LogP contribution in [0.4, 0.5) is 5.69 Å². The van der Waals surface area contributed by atoms with E-state index in [1.807, 2.05) is 25.1 Å². The zero-order chi connectivity index (χ0) is 14.5. The quantitative estimate of drug-likeness (QED) is 0.829. The summed E-state index contributed by atoms with van der Waals surface area (Å²) >= 11 is 0. The summed E-state index contributed by atoms with van der Waals surface area (Å²) in [7, 11) is 0. The molecule has 1 aromatic carbocycles. The Hall–Kier alpha value is -1.51. The van der Waals surface area contributed by atoms with Gasteiger partial charge in [0.15, 0.2) is 0 Å². The zero-order valence-corrected chi connectivity index (χ0v) is 12.8. The van der Waals surface area contributed by atoms with Crippen LogP contribution in [0.15, 0.2) is 18.2 Å². The molecule has 2 N–H and O–H groups in total. The van der Waals surface area contributed by atoms with Gasteiger partial charge in [-0.1, -0.05) is 19.3 Å². The minimum absolute atomic E-state index is 0.00432. The van der Waals surface area contributed by atoms with Crippen LogP contribution in [-0.4, -0.2) is 18.5 Å². The van der Waals surface area contributed by atoms with Gasteiger partial charge in [-0.2, -0.15) is 0 Å². The first-order valence-electron chi connectivity index (χ1n) is 7.75. The van der Waals surface area contributed by atoms with E-state index in [0.29, 0.717) is 12.6 Å². The third-order valence-corrected chi connectivity index (χ3v) is 4.14. The smallest absolute Gasteiger partial charge is 0.251 e. The second-order valence-electron chi connectivity index (χ2n) is 5.97. The third kappa shape index (κ3) is 3.75. The molecule has 0 aliphatic heterocycles. The molecule has 0 bridgehead atoms. The van der Waals surface area contributed by atoms with Crippen molar-refractivity contribution in [1.82, 2.24) is 5.32 Å². The summed E-state index contributed by atoms with van der Waals surface area (Å²) in [6, 6.07) is 6.38. The molecule has 0 spiro atoms. The normalized spacial score (nSPS) is 16.4. The maximum Gasteiger partial charge on any atom is 0.251 e. The summed E-state index contributed by atoms with van der Waals surface area (Å²) in [6.07, 6.45) is 5.43. The number of aryl methyl sites for hydroxylation is 1. The topological polar surface area (TPSA) is 41.1 Å². The highest BCUT2D eigenvalue weighted by Crippen LogP contribution is 2.31. The molecule has 0 heterocycles. The number of hydrogen-bond donors (Lipinski definition) is 2. The van der Waals surface area contributed by atoms with Gasteiger partial charge >= 0.3 is 0 Å². The highest BCUT2D eigenvalue weighted by molar-refractivity contribution is 5.94. The summed E-state index contributed by atoms with van der Waals surface area (Å²) in [6.45, 7) is 6.90. The number of nitrogens with one attached hydrogen (secondary N) is 2. The number of benzene rings is 1. The third-order valence-electron chi connectivity index (χ3n) is 4.14. The molecule has 3 heteroatoms. The summed E-state index contributed by atoms with van der Waals surface area (Å²) in [5, 5.41) is 6.41. The maximum absolute atomic E-state index is 11.8. The molecule has 1 aromatic rings. The van der Waals surface area contributed by atoms with Gasteiger partial charge in [0.25, 0.3) is 5.91 Å². The van der Waals surface area contributed by atoms with Crippen LogP contribution < -0.4 is 10.6 Å². The number of carbonyl (C=O) groups is 1. The Morgan fingerprint density at radius 3 is 2.70 bits per heavy atom. The first kappa shape index (κ1) is 14.9. The van der Waals surface area contributed by atoms with Crippen LogP contribution in [0, 0.1) is 12.8 Å². The van der Waals surface area contributed by atoms with Gasteiger partial charge in [0, 0.05) is 23.8 Å². The van der Waals surface area contributed by atoms with Crippen molar-refractivity contribution in [3.05, 3.63) is 29.3 Å². The Bertz CT molecular complexity index is 466. The molecule has 20 heavy (non-hydrogen) atoms. The van der Waals surface area contributed by atoms with Gasteiger partial charge in [0.05, 0.1) is 0 Å². The van der Waals surface area contributed by atoms with Gasteiger partial charge in [-0.15, -0.1) is 0 Å². The molecule has 0 saturated heterocycles. The van der Waals surface area contributed by atoms with Crippen molar-refractivity contribution < 1.29 is 4.79 Å². The lowest BCUT2D eigenvalue weighted by atomic mass is 9.81. The second-order valence-corrected chi connectivity index (χ2v) is 5.97. The molecular formula is C17H26N2O. The van der Waals surface area contributed by atoms with E-state index in [2.05, 4.69) is 24.5 Å². The van der Waals surface area contributed by atoms with Gasteiger partial charge in [-0.3, -0.25) is 4.79 Å². The van der Waals surface area contributed by atoms with Crippen LogP contribution in [0.5, 0.6) is 0 Å². The van der Waals surface area contributed by atoms with Crippen molar-refractivity contribution in [2.75, 3.05) is 11.9 Å². The van der Waals surface area contributed by atoms with Crippen molar-refractivity contribution in [3.8, 4) is 0 Å². The zero-order valence-electron chi connectivity index (χ0n) is 12.8. The molecule has 1 atom stereocenters. The number of amides is 1. The average molecular weight is 274 g/mol. The number of anilines is 1. The van der Waals surface area contributed by atoms with Crippen molar-refractivity contribution in [2.24, 2.45) is 5.92 Å². The van der Waals surface area contributed by atoms with E-state index in [9.17, 15) is 4.79 Å². The molecule has 3 nitrogen and oxygen atoms in total. The molecule has 110 valence electrons. The average Bonchev–Trinajstić information content (AvgIpc) is 2.36. The molecule has 1 aliphatic rings. The fourth-order valence-electron chi connectivity index (χ4n) is 2.78. The van der Waals surface area contributed by atoms with E-state index in [-0.39, 0.29) is 5.91 Å². The van der Waals surface area contributed by atoms with Gasteiger partial charge in [0.1, 0.15) is 0 Å². The highest BCUT2D eigenvalue weighted by atomic mass is 16.1. The second kappa shape index (κ2) is 6.78. The fraction of sp³-hybridized carbons (Fsp3) is 0.588. The van der Waals surface area contributed by atoms with E-state index < -0.39 is 0 Å². The van der Waals surface area contributed by atoms with Gasteiger partial charge in [-0.05, 0) is 56.9 Å². The Kier molecular flexibility index (Phi) is 5.05. The fourth-order valence-corrected chi connectivity index (χ4v) is 2.78. The van der Waals surface area contributed by atoms with Crippen LogP contribution >= 0.6 is 0 Å². The molecule has 1 unspecified atom stereocenters. The van der Waals surface area contributed by atoms with Crippen molar-refractivity contribution in [3.63, 3.8) is 0 Å². The van der Waals surface area contributed by atoms with E-state index in [0.717, 1.165) is 22.7 Å². The maximum atomic E-state index is 11.8. The van der Waals surface area contributed by atoms with Gasteiger partial charge < -0.3 is 10.6 Å². The SMILES string of the molecule is CCNC(=O)c1ccc(NC(C)CC2CCC2)c(C)c1. The lowest BCUT2D eigenvalue weighted by Crippen LogP contribution is -2.24. The standard InChI is InChI=1S/C17H26N2O/c1-4-18-17(20)15-8-9-16(12(2)10-15)19-13(3)11-14-6-5-7-14/h8-10,13-14,19H,4-7,11H2,1-3H3,(H,18,20). The van der Waals surface area contributed by atoms with Crippen LogP contribution in [0.3, 0.4) is 0 Å². The lowest BCUT2D eigenvalue weighted by Gasteiger charge is -2.29. The molecule has 2 rings (SSSR count). The molecular weight excluding hydrogens is 248 g/mol. The Balaban J connectivity index is 1.96. The van der Waals surface area contributed by atoms with Crippen LogP contribution in [-0.2, 0) is 0 Å². The highest BCUT2D eigenvalue weighted by Gasteiger charge is 2.20. The predicted molar refractivity (Wildman–Crippen MR) is 84.2 cm³/mol. The van der Waals surface area contributed by atoms with Crippen LogP contribution in [0.2, 0.25) is 0 Å². The van der Waals surface area contributed by atoms with E-state index in [1.165, 1.54) is 25.7 Å². The number of carbonyl (C=O) groups excluding carboxylic acids is 1. The minimum Gasteiger partial charge on any atom is -0.382 e. The molecule has 0 aromatic heterocycles. The summed E-state index contributed by atoms with van der Waals surface area (Å²) in [5.74, 6) is 0.914. The molecule has 1 aliphatic carbocycles. The van der Waals surface area contributed by atoms with Crippen molar-refractivity contribution in [2.45, 2.75) is 52.5 Å². The Labute approximate surface area is 122 Å². The van der Waals surface area contributed by atoms with E-state index in [4.69, 9.17) is 0 Å². The van der Waals surface area contributed by atoms with Crippen molar-refractivity contribution >= 4 is 11.6 Å². The van der Waals surface area contributed by atoms with Crippen LogP contribution in [0.25, 0.3) is 0 Å². The number of rotatable bonds is 6. The van der Waals surface area contributed by atoms with E-state index in [1.54, 1.807) is 0 Å². The molecule has 1 amide bonds. The minimum atomic E-state index is 0.00432. The Morgan fingerprint density at radius 2 is 2.15 bits per heavy atom. The first-order valence-corrected chi connectivity index (χ1v) is 7.75. The number of hydrogen-bond acceptors (Lipinski definition) is 2. The Morgan fingerprint density at radius 1 is 1.40 bits per heavy atom. The van der Waals surface area contributed by atoms with Crippen LogP contribution in [0.1, 0.15) is 55.5 Å². The largest absolute Gasteiger partial charge is 0.382 e. The lowest BCUT2D eigenvalue weighted by molar-refractivity contribution is 0.0956. The first-order chi connectivity index (χ1) is 9.60. The monoisotopic (exact) mass is 274 g/mol. The summed E-state index contributed by atoms with van der Waals surface area (Å²) in [4.78, 5) is 11.8. The molecule has 1 fully saturated rings. The van der Waals surface area contributed by atoms with Gasteiger partial charge in [-0.25, -0.2) is 0 Å². The molecule has 0 radical (unpaired) electrons. The van der Waals surface area contributed by atoms with E-state index >= 15 is 0 Å². The summed E-state index contributed by atoms with van der Waals surface area (Å²) in [5.41, 5.74) is 3.01. The van der Waals surface area contributed by atoms with Crippen molar-refractivity contribution in [1.29, 1.82) is 0 Å².